The van der Waals surface area contributed by atoms with E-state index in [1.165, 1.54) is 19.9 Å². The van der Waals surface area contributed by atoms with E-state index < -0.39 is 29.8 Å². The third-order valence-corrected chi connectivity index (χ3v) is 7.84. The Morgan fingerprint density at radius 3 is 2.35 bits per heavy atom. The smallest absolute Gasteiger partial charge is 0.438 e. The molecule has 3 amide bonds. The summed E-state index contributed by atoms with van der Waals surface area (Å²) in [6.07, 6.45) is -0.0444. The van der Waals surface area contributed by atoms with E-state index in [0.717, 1.165) is 4.68 Å². The summed E-state index contributed by atoms with van der Waals surface area (Å²) in [5.74, 6) is -2.25. The van der Waals surface area contributed by atoms with E-state index in [2.05, 4.69) is 15.4 Å². The maximum absolute atomic E-state index is 13.5. The second kappa shape index (κ2) is 16.6. The molecule has 2 aromatic rings. The van der Waals surface area contributed by atoms with Crippen LogP contribution in [0.4, 0.5) is 4.79 Å². The molecule has 1 aliphatic carbocycles. The van der Waals surface area contributed by atoms with Crippen molar-refractivity contribution in [1.82, 2.24) is 20.0 Å². The number of ether oxygens (including phenoxy) is 4. The van der Waals surface area contributed by atoms with Gasteiger partial charge in [-0.2, -0.15) is 10.1 Å². The van der Waals surface area contributed by atoms with Crippen LogP contribution in [0.2, 0.25) is 0 Å². The molecule has 0 spiro atoms. The second-order valence-electron chi connectivity index (χ2n) is 11.3. The fourth-order valence-corrected chi connectivity index (χ4v) is 5.39. The number of nitrogens with two attached hydrogens (primary N) is 1. The van der Waals surface area contributed by atoms with Crippen molar-refractivity contribution in [2.75, 3.05) is 32.9 Å². The van der Waals surface area contributed by atoms with Gasteiger partial charge in [0.05, 0.1) is 31.4 Å². The van der Waals surface area contributed by atoms with E-state index in [4.69, 9.17) is 24.7 Å². The molecule has 258 valence electrons. The van der Waals surface area contributed by atoms with Gasteiger partial charge in [-0.3, -0.25) is 24.0 Å². The average molecular weight is 669 g/mol. The van der Waals surface area contributed by atoms with Gasteiger partial charge in [-0.05, 0) is 38.7 Å². The standard InChI is InChI=1S/C32H40N6O10/c1-4-46-31(43)23-9-11-24(12-10-23)34-29(41)25-17-26(36-38(30(25)42)18-27(40)37-13-15-45-16-14-37)21-5-7-22(8-6-21)28(33)35-32(44)48-20(3)47-19(2)39/h5-8,17,20,23-24H,4,9-16,18H2,1-3H3,(H,34,41)(H2,33,35,44). The molecular formula is C32H40N6O10. The van der Waals surface area contributed by atoms with Gasteiger partial charge in [0, 0.05) is 44.1 Å². The topological polar surface area (TPSA) is 211 Å². The maximum Gasteiger partial charge on any atom is 0.438 e. The number of carbonyl (C=O) groups excluding carboxylic acids is 5. The van der Waals surface area contributed by atoms with E-state index in [1.54, 1.807) is 36.1 Å². The third-order valence-electron chi connectivity index (χ3n) is 7.84. The van der Waals surface area contributed by atoms with Crippen LogP contribution in [0.5, 0.6) is 0 Å². The van der Waals surface area contributed by atoms with Crippen molar-refractivity contribution >= 4 is 35.7 Å². The average Bonchev–Trinajstić information content (AvgIpc) is 3.06. The zero-order valence-electron chi connectivity index (χ0n) is 27.1. The van der Waals surface area contributed by atoms with Crippen molar-refractivity contribution in [3.8, 4) is 11.3 Å². The predicted molar refractivity (Wildman–Crippen MR) is 170 cm³/mol. The van der Waals surface area contributed by atoms with Gasteiger partial charge >= 0.3 is 18.0 Å². The quantitative estimate of drug-likeness (QED) is 0.159. The molecule has 2 heterocycles. The zero-order valence-corrected chi connectivity index (χ0v) is 27.1. The molecule has 3 N–H and O–H groups in total. The van der Waals surface area contributed by atoms with E-state index in [9.17, 15) is 28.8 Å². The lowest BCUT2D eigenvalue weighted by Crippen LogP contribution is -2.45. The Labute approximate surface area is 276 Å². The molecule has 2 fully saturated rings. The minimum Gasteiger partial charge on any atom is -0.466 e. The first kappa shape index (κ1) is 35.7. The van der Waals surface area contributed by atoms with Crippen LogP contribution in [0.1, 0.15) is 62.4 Å². The third kappa shape index (κ3) is 9.70. The predicted octanol–water partition coefficient (Wildman–Crippen LogP) is 1.37. The highest BCUT2D eigenvalue weighted by molar-refractivity contribution is 6.03. The summed E-state index contributed by atoms with van der Waals surface area (Å²) in [4.78, 5) is 80.6. The number of nitrogens with one attached hydrogen (secondary N) is 1. The van der Waals surface area contributed by atoms with E-state index in [1.807, 2.05) is 0 Å². The van der Waals surface area contributed by atoms with Gasteiger partial charge in [0.1, 0.15) is 17.9 Å². The molecule has 1 saturated heterocycles. The lowest BCUT2D eigenvalue weighted by molar-refractivity contribution is -0.161. The minimum atomic E-state index is -1.16. The van der Waals surface area contributed by atoms with E-state index >= 15 is 0 Å². The van der Waals surface area contributed by atoms with Crippen LogP contribution >= 0.6 is 0 Å². The Kier molecular flexibility index (Phi) is 12.4. The Bertz CT molecular complexity index is 1590. The molecule has 1 saturated carbocycles. The van der Waals surface area contributed by atoms with E-state index in [0.29, 0.717) is 69.7 Å². The summed E-state index contributed by atoms with van der Waals surface area (Å²) in [7, 11) is 0. The lowest BCUT2D eigenvalue weighted by atomic mass is 9.86. The molecule has 16 nitrogen and oxygen atoms in total. The van der Waals surface area contributed by atoms with Gasteiger partial charge in [0.15, 0.2) is 0 Å². The first-order valence-corrected chi connectivity index (χ1v) is 15.7. The van der Waals surface area contributed by atoms with Crippen LogP contribution in [-0.4, -0.2) is 95.6 Å². The number of amides is 3. The van der Waals surface area contributed by atoms with Crippen LogP contribution in [-0.2, 0) is 39.9 Å². The molecule has 1 atom stereocenters. The second-order valence-corrected chi connectivity index (χ2v) is 11.3. The summed E-state index contributed by atoms with van der Waals surface area (Å²) in [6.45, 7) is 5.69. The highest BCUT2D eigenvalue weighted by Gasteiger charge is 2.29. The van der Waals surface area contributed by atoms with Crippen molar-refractivity contribution in [2.24, 2.45) is 16.6 Å². The first-order chi connectivity index (χ1) is 22.9. The molecular weight excluding hydrogens is 628 g/mol. The molecule has 0 bridgehead atoms. The molecule has 0 radical (unpaired) electrons. The molecule has 4 rings (SSSR count). The molecule has 1 unspecified atom stereocenters. The van der Waals surface area contributed by atoms with Gasteiger partial charge < -0.3 is 34.9 Å². The zero-order chi connectivity index (χ0) is 34.8. The lowest BCUT2D eigenvalue weighted by Gasteiger charge is -2.28. The Balaban J connectivity index is 1.56. The Hall–Kier alpha value is -5.12. The molecule has 1 aliphatic heterocycles. The van der Waals surface area contributed by atoms with Crippen molar-refractivity contribution in [3.63, 3.8) is 0 Å². The molecule has 16 heteroatoms. The Morgan fingerprint density at radius 1 is 1.06 bits per heavy atom. The van der Waals surface area contributed by atoms with Crippen LogP contribution in [0.25, 0.3) is 11.3 Å². The van der Waals surface area contributed by atoms with Crippen molar-refractivity contribution in [1.29, 1.82) is 0 Å². The number of aromatic nitrogens is 2. The van der Waals surface area contributed by atoms with Crippen LogP contribution < -0.4 is 16.6 Å². The van der Waals surface area contributed by atoms with Crippen molar-refractivity contribution in [3.05, 3.63) is 51.8 Å². The first-order valence-electron chi connectivity index (χ1n) is 15.7. The van der Waals surface area contributed by atoms with Crippen LogP contribution in [0.15, 0.2) is 40.1 Å². The Morgan fingerprint density at radius 2 is 1.73 bits per heavy atom. The van der Waals surface area contributed by atoms with Gasteiger partial charge in [0.2, 0.25) is 12.2 Å². The summed E-state index contributed by atoms with van der Waals surface area (Å²) >= 11 is 0. The van der Waals surface area contributed by atoms with Gasteiger partial charge in [-0.1, -0.05) is 24.3 Å². The minimum absolute atomic E-state index is 0.173. The molecule has 1 aromatic heterocycles. The van der Waals surface area contributed by atoms with Crippen molar-refractivity contribution < 1.29 is 42.9 Å². The van der Waals surface area contributed by atoms with E-state index in [-0.39, 0.29) is 47.5 Å². The largest absolute Gasteiger partial charge is 0.466 e. The number of hydrogen-bond donors (Lipinski definition) is 2. The number of morpholine rings is 1. The summed E-state index contributed by atoms with van der Waals surface area (Å²) in [5.41, 5.74) is 6.11. The van der Waals surface area contributed by atoms with Crippen LogP contribution in [0.3, 0.4) is 0 Å². The highest BCUT2D eigenvalue weighted by atomic mass is 16.7. The van der Waals surface area contributed by atoms with Gasteiger partial charge in [-0.15, -0.1) is 0 Å². The molecule has 2 aliphatic rings. The summed E-state index contributed by atoms with van der Waals surface area (Å²) < 4.78 is 21.0. The monoisotopic (exact) mass is 668 g/mol. The molecule has 1 aromatic carbocycles. The number of aliphatic imine (C=N–C) groups is 1. The maximum atomic E-state index is 13.5. The van der Waals surface area contributed by atoms with Crippen LogP contribution in [0, 0.1) is 5.92 Å². The number of benzene rings is 1. The van der Waals surface area contributed by atoms with Gasteiger partial charge in [0.25, 0.3) is 11.5 Å². The highest BCUT2D eigenvalue weighted by Crippen LogP contribution is 2.26. The number of rotatable bonds is 10. The number of carbonyl (C=O) groups is 5. The number of amidine groups is 1. The molecule has 48 heavy (non-hydrogen) atoms. The van der Waals surface area contributed by atoms with Crippen molar-refractivity contribution in [2.45, 2.75) is 65.3 Å². The normalized spacial score (nSPS) is 18.7. The number of hydrogen-bond acceptors (Lipinski definition) is 11. The summed E-state index contributed by atoms with van der Waals surface area (Å²) in [5, 5.41) is 7.32. The number of nitrogens with zero attached hydrogens (tertiary/aromatic N) is 4. The number of esters is 2. The van der Waals surface area contributed by atoms with Gasteiger partial charge in [-0.25, -0.2) is 9.48 Å². The SMILES string of the molecule is CCOC(=O)C1CCC(NC(=O)c2cc(-c3ccc(C(N)=NC(=O)OC(C)OC(C)=O)cc3)nn(CC(=O)N3CCOCC3)c2=O)CC1. The fourth-order valence-electron chi connectivity index (χ4n) is 5.39. The summed E-state index contributed by atoms with van der Waals surface area (Å²) in [6, 6.07) is 7.40. The fraction of sp³-hybridized carbons (Fsp3) is 0.500.